The number of hydrogen-bond donors (Lipinski definition) is 2. The van der Waals surface area contributed by atoms with Crippen LogP contribution in [0.3, 0.4) is 0 Å². The van der Waals surface area contributed by atoms with Gasteiger partial charge in [-0.3, -0.25) is 4.72 Å². The van der Waals surface area contributed by atoms with Crippen molar-refractivity contribution in [3.05, 3.63) is 45.1 Å². The molecule has 0 fully saturated rings. The van der Waals surface area contributed by atoms with Gasteiger partial charge in [-0.2, -0.15) is 0 Å². The van der Waals surface area contributed by atoms with E-state index in [2.05, 4.69) is 4.72 Å². The van der Waals surface area contributed by atoms with Crippen LogP contribution in [0.2, 0.25) is 5.02 Å². The van der Waals surface area contributed by atoms with Gasteiger partial charge in [0.1, 0.15) is 4.88 Å². The maximum Gasteiger partial charge on any atom is 0.345 e. The van der Waals surface area contributed by atoms with E-state index in [1.54, 1.807) is 19.1 Å². The summed E-state index contributed by atoms with van der Waals surface area (Å²) in [7, 11) is -3.83. The summed E-state index contributed by atoms with van der Waals surface area (Å²) in [5, 5.41) is 10.5. The first-order valence-corrected chi connectivity index (χ1v) is 8.14. The van der Waals surface area contributed by atoms with Crippen molar-refractivity contribution in [1.82, 2.24) is 0 Å². The molecule has 0 saturated carbocycles. The van der Waals surface area contributed by atoms with Gasteiger partial charge in [0.15, 0.2) is 0 Å². The number of rotatable bonds is 4. The molecule has 20 heavy (non-hydrogen) atoms. The Hall–Kier alpha value is -1.57. The van der Waals surface area contributed by atoms with E-state index in [4.69, 9.17) is 16.7 Å². The molecule has 2 aromatic rings. The van der Waals surface area contributed by atoms with Gasteiger partial charge in [0, 0.05) is 10.4 Å². The maximum atomic E-state index is 12.2. The molecule has 2 N–H and O–H groups in total. The van der Waals surface area contributed by atoms with E-state index in [9.17, 15) is 13.2 Å². The zero-order valence-electron chi connectivity index (χ0n) is 10.3. The number of carbonyl (C=O) groups is 1. The van der Waals surface area contributed by atoms with Gasteiger partial charge in [0.25, 0.3) is 10.0 Å². The highest BCUT2D eigenvalue weighted by Gasteiger charge is 2.19. The van der Waals surface area contributed by atoms with Crippen molar-refractivity contribution < 1.29 is 18.3 Å². The summed E-state index contributed by atoms with van der Waals surface area (Å²) in [6, 6.07) is 5.96. The van der Waals surface area contributed by atoms with Gasteiger partial charge in [-0.15, -0.1) is 11.3 Å². The highest BCUT2D eigenvalue weighted by atomic mass is 35.5. The average molecular weight is 332 g/mol. The number of anilines is 1. The number of carboxylic acid groups (broad SMARTS) is 1. The lowest BCUT2D eigenvalue weighted by Crippen LogP contribution is -2.13. The van der Waals surface area contributed by atoms with Crippen molar-refractivity contribution >= 4 is 44.6 Å². The summed E-state index contributed by atoms with van der Waals surface area (Å²) in [4.78, 5) is 10.7. The molecule has 0 aliphatic rings. The second kappa shape index (κ2) is 5.43. The van der Waals surface area contributed by atoms with Gasteiger partial charge in [0.05, 0.1) is 10.6 Å². The molecule has 0 unspecified atom stereocenters. The molecular formula is C12H10ClNO4S2. The molecule has 0 aliphatic heterocycles. The van der Waals surface area contributed by atoms with Crippen LogP contribution in [0.15, 0.2) is 34.5 Å². The van der Waals surface area contributed by atoms with Crippen molar-refractivity contribution in [2.45, 2.75) is 11.8 Å². The molecule has 106 valence electrons. The predicted octanol–water partition coefficient (Wildman–Crippen LogP) is 3.21. The molecule has 5 nitrogen and oxygen atoms in total. The summed E-state index contributed by atoms with van der Waals surface area (Å²) in [6.07, 6.45) is 0. The number of sulfonamides is 1. The average Bonchev–Trinajstić information content (AvgIpc) is 2.84. The second-order valence-corrected chi connectivity index (χ2v) is 7.05. The number of hydrogen-bond acceptors (Lipinski definition) is 4. The molecule has 0 radical (unpaired) electrons. The predicted molar refractivity (Wildman–Crippen MR) is 78.3 cm³/mol. The summed E-state index contributed by atoms with van der Waals surface area (Å²) < 4.78 is 26.7. The van der Waals surface area contributed by atoms with Gasteiger partial charge in [-0.1, -0.05) is 17.7 Å². The minimum absolute atomic E-state index is 0.0341. The van der Waals surface area contributed by atoms with Gasteiger partial charge >= 0.3 is 5.97 Å². The Morgan fingerprint density at radius 3 is 2.65 bits per heavy atom. The number of aryl methyl sites for hydroxylation is 1. The first-order chi connectivity index (χ1) is 9.29. The van der Waals surface area contributed by atoms with Crippen LogP contribution in [0.1, 0.15) is 15.2 Å². The van der Waals surface area contributed by atoms with Crippen LogP contribution in [-0.4, -0.2) is 19.5 Å². The summed E-state index contributed by atoms with van der Waals surface area (Å²) in [5.41, 5.74) is 1.08. The fourth-order valence-corrected chi connectivity index (χ4v) is 3.88. The van der Waals surface area contributed by atoms with E-state index >= 15 is 0 Å². The fraction of sp³-hybridized carbons (Fsp3) is 0.0833. The lowest BCUT2D eigenvalue weighted by atomic mass is 10.2. The van der Waals surface area contributed by atoms with E-state index in [0.29, 0.717) is 16.3 Å². The smallest absolute Gasteiger partial charge is 0.345 e. The highest BCUT2D eigenvalue weighted by molar-refractivity contribution is 7.92. The Balaban J connectivity index is 2.35. The standard InChI is InChI=1S/C12H10ClNO4S2/c1-7-2-3-8(13)4-10(7)14-20(17,18)9-5-11(12(15)16)19-6-9/h2-6,14H,1H3,(H,15,16). The maximum absolute atomic E-state index is 12.2. The van der Waals surface area contributed by atoms with Crippen molar-refractivity contribution in [2.75, 3.05) is 4.72 Å². The summed E-state index contributed by atoms with van der Waals surface area (Å²) in [6.45, 7) is 1.74. The van der Waals surface area contributed by atoms with Crippen LogP contribution in [-0.2, 0) is 10.0 Å². The molecule has 0 bridgehead atoms. The number of nitrogens with one attached hydrogen (secondary N) is 1. The van der Waals surface area contributed by atoms with Crippen LogP contribution in [0.25, 0.3) is 0 Å². The normalized spacial score (nSPS) is 11.3. The zero-order valence-corrected chi connectivity index (χ0v) is 12.6. The van der Waals surface area contributed by atoms with E-state index in [1.165, 1.54) is 11.4 Å². The number of carboxylic acids is 1. The minimum atomic E-state index is -3.83. The molecular weight excluding hydrogens is 322 g/mol. The number of thiophene rings is 1. The molecule has 0 saturated heterocycles. The van der Waals surface area contributed by atoms with Crippen LogP contribution in [0.4, 0.5) is 5.69 Å². The monoisotopic (exact) mass is 331 g/mol. The Labute approximate surface area is 124 Å². The topological polar surface area (TPSA) is 83.5 Å². The first kappa shape index (κ1) is 14.8. The number of aromatic carboxylic acids is 1. The Kier molecular flexibility index (Phi) is 4.03. The molecule has 0 atom stereocenters. The highest BCUT2D eigenvalue weighted by Crippen LogP contribution is 2.25. The first-order valence-electron chi connectivity index (χ1n) is 5.40. The van der Waals surface area contributed by atoms with E-state index in [0.717, 1.165) is 17.4 Å². The SMILES string of the molecule is Cc1ccc(Cl)cc1NS(=O)(=O)c1csc(C(=O)O)c1. The summed E-state index contributed by atoms with van der Waals surface area (Å²) >= 11 is 6.68. The largest absolute Gasteiger partial charge is 0.477 e. The van der Waals surface area contributed by atoms with Crippen LogP contribution in [0.5, 0.6) is 0 Å². The number of halogens is 1. The van der Waals surface area contributed by atoms with Crippen molar-refractivity contribution in [3.8, 4) is 0 Å². The van der Waals surface area contributed by atoms with Crippen molar-refractivity contribution in [1.29, 1.82) is 0 Å². The van der Waals surface area contributed by atoms with Crippen molar-refractivity contribution in [3.63, 3.8) is 0 Å². The van der Waals surface area contributed by atoms with Crippen LogP contribution in [0, 0.1) is 6.92 Å². The fourth-order valence-electron chi connectivity index (χ4n) is 1.48. The van der Waals surface area contributed by atoms with Gasteiger partial charge in [-0.25, -0.2) is 13.2 Å². The molecule has 0 spiro atoms. The molecule has 0 amide bonds. The van der Waals surface area contributed by atoms with Crippen LogP contribution >= 0.6 is 22.9 Å². The quantitative estimate of drug-likeness (QED) is 0.901. The minimum Gasteiger partial charge on any atom is -0.477 e. The van der Waals surface area contributed by atoms with Gasteiger partial charge < -0.3 is 5.11 Å². The Morgan fingerprint density at radius 1 is 1.35 bits per heavy atom. The Morgan fingerprint density at radius 2 is 2.05 bits per heavy atom. The number of benzene rings is 1. The lowest BCUT2D eigenvalue weighted by molar-refractivity contribution is 0.0702. The molecule has 1 aromatic heterocycles. The van der Waals surface area contributed by atoms with Crippen molar-refractivity contribution in [2.24, 2.45) is 0 Å². The Bertz CT molecular complexity index is 768. The van der Waals surface area contributed by atoms with E-state index in [-0.39, 0.29) is 9.77 Å². The van der Waals surface area contributed by atoms with E-state index < -0.39 is 16.0 Å². The summed E-state index contributed by atoms with van der Waals surface area (Å²) in [5.74, 6) is -1.16. The third-order valence-electron chi connectivity index (χ3n) is 2.54. The lowest BCUT2D eigenvalue weighted by Gasteiger charge is -2.09. The molecule has 1 aromatic carbocycles. The molecule has 2 rings (SSSR count). The zero-order chi connectivity index (χ0) is 14.9. The molecule has 0 aliphatic carbocycles. The second-order valence-electron chi connectivity index (χ2n) is 4.02. The third-order valence-corrected chi connectivity index (χ3v) is 5.19. The van der Waals surface area contributed by atoms with Gasteiger partial charge in [-0.05, 0) is 30.7 Å². The molecule has 1 heterocycles. The molecule has 8 heteroatoms. The third kappa shape index (κ3) is 3.12. The van der Waals surface area contributed by atoms with Crippen LogP contribution < -0.4 is 4.72 Å². The van der Waals surface area contributed by atoms with Gasteiger partial charge in [0.2, 0.25) is 0 Å². The van der Waals surface area contributed by atoms with E-state index in [1.807, 2.05) is 0 Å².